The Bertz CT molecular complexity index is 1450. The van der Waals surface area contributed by atoms with E-state index in [0.717, 1.165) is 16.2 Å². The van der Waals surface area contributed by atoms with Crippen molar-refractivity contribution in [3.8, 4) is 23.0 Å². The number of phenols is 1. The lowest BCUT2D eigenvalue weighted by molar-refractivity contribution is -0.131. The van der Waals surface area contributed by atoms with Gasteiger partial charge in [-0.25, -0.2) is 9.59 Å². The van der Waals surface area contributed by atoms with Gasteiger partial charge in [-0.3, -0.25) is 0 Å². The van der Waals surface area contributed by atoms with Gasteiger partial charge in [-0.2, -0.15) is 0 Å². The number of aromatic hydroxyl groups is 1. The molecule has 4 aromatic carbocycles. The molecule has 0 aromatic heterocycles. The van der Waals surface area contributed by atoms with E-state index in [1.54, 1.807) is 43.3 Å². The third-order valence-corrected chi connectivity index (χ3v) is 5.08. The van der Waals surface area contributed by atoms with E-state index >= 15 is 0 Å². The van der Waals surface area contributed by atoms with Crippen LogP contribution in [0.25, 0.3) is 21.5 Å². The maximum Gasteiger partial charge on any atom is 0.342 e. The minimum Gasteiger partial charge on any atom is -0.508 e. The normalized spacial score (nSPS) is 10.6. The zero-order valence-electron chi connectivity index (χ0n) is 18.5. The molecule has 0 aliphatic carbocycles. The van der Waals surface area contributed by atoms with Crippen molar-refractivity contribution in [1.29, 1.82) is 0 Å². The monoisotopic (exact) mass is 454 g/mol. The first kappa shape index (κ1) is 22.6. The smallest absolute Gasteiger partial charge is 0.342 e. The number of carbonyl (C=O) groups excluding carboxylic acids is 2. The van der Waals surface area contributed by atoms with Gasteiger partial charge in [0.1, 0.15) is 29.6 Å². The summed E-state index contributed by atoms with van der Waals surface area (Å²) in [5.74, 6) is -0.115. The molecule has 1 N–H and O–H groups in total. The molecule has 6 nitrogen and oxygen atoms in total. The fraction of sp³-hybridized carbons (Fsp3) is 0.0714. The molecular formula is C28H22O6. The highest BCUT2D eigenvalue weighted by molar-refractivity contribution is 5.96. The predicted molar refractivity (Wildman–Crippen MR) is 130 cm³/mol. The van der Waals surface area contributed by atoms with Crippen LogP contribution in [0.5, 0.6) is 23.0 Å². The maximum absolute atomic E-state index is 12.6. The van der Waals surface area contributed by atoms with E-state index in [2.05, 4.69) is 13.2 Å². The highest BCUT2D eigenvalue weighted by Gasteiger charge is 2.15. The zero-order chi connectivity index (χ0) is 24.2. The number of hydrogen-bond acceptors (Lipinski definition) is 6. The summed E-state index contributed by atoms with van der Waals surface area (Å²) in [7, 11) is 0. The standard InChI is InChI=1S/C28H22O6/c1-17(2)27(30)34-26-15-22(13-20-7-4-5-9-23(20)26)32-16-18(3)28(31)33-25-10-6-8-19-11-12-21(29)14-24(19)25/h4-15,29H,1,3,16H2,2H3. The van der Waals surface area contributed by atoms with Gasteiger partial charge in [0.2, 0.25) is 0 Å². The molecule has 0 fully saturated rings. The number of carbonyl (C=O) groups is 2. The van der Waals surface area contributed by atoms with Gasteiger partial charge in [0.05, 0.1) is 5.57 Å². The number of benzene rings is 4. The Hall–Kier alpha value is -4.58. The minimum atomic E-state index is -0.662. The number of phenolic OH excluding ortho intramolecular Hbond substituents is 1. The lowest BCUT2D eigenvalue weighted by Crippen LogP contribution is -2.16. The van der Waals surface area contributed by atoms with E-state index in [1.165, 1.54) is 6.07 Å². The Balaban J connectivity index is 1.50. The summed E-state index contributed by atoms with van der Waals surface area (Å²) in [4.78, 5) is 24.7. The number of esters is 2. The third-order valence-electron chi connectivity index (χ3n) is 5.08. The van der Waals surface area contributed by atoms with E-state index in [0.29, 0.717) is 22.6 Å². The fourth-order valence-corrected chi connectivity index (χ4v) is 3.33. The number of ether oxygens (including phenoxy) is 3. The molecule has 0 radical (unpaired) electrons. The molecule has 0 aliphatic rings. The van der Waals surface area contributed by atoms with Crippen molar-refractivity contribution in [1.82, 2.24) is 0 Å². The molecule has 0 unspecified atom stereocenters. The van der Waals surface area contributed by atoms with E-state index in [-0.39, 0.29) is 23.5 Å². The Labute approximate surface area is 196 Å². The lowest BCUT2D eigenvalue weighted by atomic mass is 10.1. The topological polar surface area (TPSA) is 82.1 Å². The van der Waals surface area contributed by atoms with Gasteiger partial charge < -0.3 is 19.3 Å². The molecule has 0 aliphatic heterocycles. The summed E-state index contributed by atoms with van der Waals surface area (Å²) in [5, 5.41) is 12.7. The Morgan fingerprint density at radius 1 is 0.794 bits per heavy atom. The van der Waals surface area contributed by atoms with E-state index < -0.39 is 11.9 Å². The Morgan fingerprint density at radius 3 is 2.32 bits per heavy atom. The minimum absolute atomic E-state index is 0.0672. The second kappa shape index (κ2) is 9.50. The van der Waals surface area contributed by atoms with E-state index in [4.69, 9.17) is 14.2 Å². The van der Waals surface area contributed by atoms with Crippen LogP contribution < -0.4 is 14.2 Å². The van der Waals surface area contributed by atoms with Crippen molar-refractivity contribution in [2.24, 2.45) is 0 Å². The van der Waals surface area contributed by atoms with Crippen LogP contribution in [-0.2, 0) is 9.59 Å². The number of hydrogen-bond donors (Lipinski definition) is 1. The van der Waals surface area contributed by atoms with Crippen molar-refractivity contribution >= 4 is 33.5 Å². The van der Waals surface area contributed by atoms with Crippen LogP contribution in [-0.4, -0.2) is 23.7 Å². The van der Waals surface area contributed by atoms with Crippen LogP contribution in [0.1, 0.15) is 6.92 Å². The summed E-state index contributed by atoms with van der Waals surface area (Å²) < 4.78 is 16.7. The second-order valence-corrected chi connectivity index (χ2v) is 7.76. The molecule has 0 saturated carbocycles. The molecule has 4 aromatic rings. The van der Waals surface area contributed by atoms with Gasteiger partial charge in [0.15, 0.2) is 0 Å². The SMILES string of the molecule is C=C(C)C(=O)Oc1cc(OCC(=C)C(=O)Oc2cccc3ccc(O)cc23)cc2ccccc12. The van der Waals surface area contributed by atoms with Crippen molar-refractivity contribution in [2.75, 3.05) is 6.61 Å². The van der Waals surface area contributed by atoms with Crippen LogP contribution in [0.4, 0.5) is 0 Å². The van der Waals surface area contributed by atoms with Gasteiger partial charge in [0.25, 0.3) is 0 Å². The first-order valence-corrected chi connectivity index (χ1v) is 10.5. The molecule has 170 valence electrons. The molecule has 0 bridgehead atoms. The van der Waals surface area contributed by atoms with Gasteiger partial charge in [-0.15, -0.1) is 0 Å². The van der Waals surface area contributed by atoms with E-state index in [9.17, 15) is 14.7 Å². The van der Waals surface area contributed by atoms with Crippen molar-refractivity contribution < 1.29 is 28.9 Å². The summed E-state index contributed by atoms with van der Waals surface area (Å²) in [6.45, 7) is 8.81. The molecule has 4 rings (SSSR count). The van der Waals surface area contributed by atoms with Gasteiger partial charge in [-0.05, 0) is 42.0 Å². The molecule has 34 heavy (non-hydrogen) atoms. The van der Waals surface area contributed by atoms with Crippen LogP contribution in [0.3, 0.4) is 0 Å². The van der Waals surface area contributed by atoms with Crippen LogP contribution in [0, 0.1) is 0 Å². The zero-order valence-corrected chi connectivity index (χ0v) is 18.5. The molecule has 0 spiro atoms. The highest BCUT2D eigenvalue weighted by Crippen LogP contribution is 2.32. The summed E-state index contributed by atoms with van der Waals surface area (Å²) in [5.41, 5.74) is 0.360. The van der Waals surface area contributed by atoms with Gasteiger partial charge in [0, 0.05) is 22.4 Å². The largest absolute Gasteiger partial charge is 0.508 e. The van der Waals surface area contributed by atoms with E-state index in [1.807, 2.05) is 30.3 Å². The first-order valence-electron chi connectivity index (χ1n) is 10.5. The molecule has 0 atom stereocenters. The third kappa shape index (κ3) is 4.91. The van der Waals surface area contributed by atoms with Gasteiger partial charge >= 0.3 is 11.9 Å². The average Bonchev–Trinajstić information content (AvgIpc) is 2.82. The highest BCUT2D eigenvalue weighted by atomic mass is 16.5. The quantitative estimate of drug-likeness (QED) is 0.218. The summed E-state index contributed by atoms with van der Waals surface area (Å²) in [6, 6.07) is 20.8. The van der Waals surface area contributed by atoms with Crippen molar-refractivity contribution in [2.45, 2.75) is 6.92 Å². The number of rotatable bonds is 7. The predicted octanol–water partition coefficient (Wildman–Crippen LogP) is 5.72. The molecular weight excluding hydrogens is 432 g/mol. The van der Waals surface area contributed by atoms with Gasteiger partial charge in [-0.1, -0.05) is 55.6 Å². The average molecular weight is 454 g/mol. The molecule has 0 heterocycles. The maximum atomic E-state index is 12.6. The second-order valence-electron chi connectivity index (χ2n) is 7.76. The molecule has 0 saturated heterocycles. The Kier molecular flexibility index (Phi) is 6.32. The van der Waals surface area contributed by atoms with Crippen LogP contribution in [0.2, 0.25) is 0 Å². The van der Waals surface area contributed by atoms with Crippen molar-refractivity contribution in [3.05, 3.63) is 97.1 Å². The van der Waals surface area contributed by atoms with Crippen molar-refractivity contribution in [3.63, 3.8) is 0 Å². The molecule has 6 heteroatoms. The lowest BCUT2D eigenvalue weighted by Gasteiger charge is -2.13. The van der Waals surface area contributed by atoms with Crippen LogP contribution >= 0.6 is 0 Å². The fourth-order valence-electron chi connectivity index (χ4n) is 3.33. The summed E-state index contributed by atoms with van der Waals surface area (Å²) >= 11 is 0. The first-order chi connectivity index (χ1) is 16.3. The van der Waals surface area contributed by atoms with Crippen LogP contribution in [0.15, 0.2) is 97.1 Å². The molecule has 0 amide bonds. The number of fused-ring (bicyclic) bond motifs is 2. The Morgan fingerprint density at radius 2 is 1.53 bits per heavy atom. The summed E-state index contributed by atoms with van der Waals surface area (Å²) in [6.07, 6.45) is 0.